The third-order valence-electron chi connectivity index (χ3n) is 4.23. The largest absolute Gasteiger partial charge is 0.492 e. The van der Waals surface area contributed by atoms with Crippen molar-refractivity contribution >= 4 is 0 Å². The molecule has 3 heteroatoms. The minimum Gasteiger partial charge on any atom is -0.492 e. The van der Waals surface area contributed by atoms with Crippen LogP contribution in [-0.4, -0.2) is 12.6 Å². The van der Waals surface area contributed by atoms with Gasteiger partial charge in [-0.15, -0.1) is 0 Å². The van der Waals surface area contributed by atoms with Crippen molar-refractivity contribution in [3.05, 3.63) is 53.3 Å². The molecule has 1 heterocycles. The molecule has 1 aliphatic carbocycles. The molecule has 0 bridgehead atoms. The molecule has 108 valence electrons. The highest BCUT2D eigenvalue weighted by Gasteiger charge is 2.21. The lowest BCUT2D eigenvalue weighted by atomic mass is 9.99. The number of ether oxygens (including phenoxy) is 1. The van der Waals surface area contributed by atoms with Crippen LogP contribution in [0, 0.1) is 5.82 Å². The zero-order chi connectivity index (χ0) is 14.2. The van der Waals surface area contributed by atoms with E-state index in [9.17, 15) is 4.39 Å². The van der Waals surface area contributed by atoms with E-state index in [1.807, 2.05) is 18.2 Å². The van der Waals surface area contributed by atoms with Crippen LogP contribution in [0.5, 0.6) is 5.75 Å². The van der Waals surface area contributed by atoms with Crippen molar-refractivity contribution in [1.82, 2.24) is 5.32 Å². The van der Waals surface area contributed by atoms with Crippen LogP contribution in [0.1, 0.15) is 24.0 Å². The summed E-state index contributed by atoms with van der Waals surface area (Å²) in [5.41, 5.74) is 4.07. The molecule has 0 unspecified atom stereocenters. The molecule has 21 heavy (non-hydrogen) atoms. The van der Waals surface area contributed by atoms with E-state index in [2.05, 4.69) is 17.4 Å². The molecular formula is C18H18FNO. The first-order chi connectivity index (χ1) is 10.3. The van der Waals surface area contributed by atoms with Crippen LogP contribution < -0.4 is 10.1 Å². The SMILES string of the molecule is Fc1ccc(-c2cccc3c2OCC3)cc1CNC1CC1. The van der Waals surface area contributed by atoms with Gasteiger partial charge in [-0.2, -0.15) is 0 Å². The fourth-order valence-corrected chi connectivity index (χ4v) is 2.86. The molecule has 0 atom stereocenters. The molecule has 1 aliphatic heterocycles. The van der Waals surface area contributed by atoms with Crippen LogP contribution in [0.25, 0.3) is 11.1 Å². The van der Waals surface area contributed by atoms with Crippen LogP contribution in [-0.2, 0) is 13.0 Å². The summed E-state index contributed by atoms with van der Waals surface area (Å²) in [7, 11) is 0. The van der Waals surface area contributed by atoms with Crippen LogP contribution >= 0.6 is 0 Å². The number of fused-ring (bicyclic) bond motifs is 1. The molecule has 1 saturated carbocycles. The first-order valence-corrected chi connectivity index (χ1v) is 7.58. The molecule has 2 nitrogen and oxygen atoms in total. The number of halogens is 1. The van der Waals surface area contributed by atoms with Gasteiger partial charge >= 0.3 is 0 Å². The third-order valence-corrected chi connectivity index (χ3v) is 4.23. The van der Waals surface area contributed by atoms with Gasteiger partial charge in [-0.1, -0.05) is 24.3 Å². The van der Waals surface area contributed by atoms with Crippen molar-refractivity contribution in [1.29, 1.82) is 0 Å². The summed E-state index contributed by atoms with van der Waals surface area (Å²) < 4.78 is 19.7. The average Bonchev–Trinajstić information content (AvgIpc) is 3.21. The molecule has 1 fully saturated rings. The second-order valence-corrected chi connectivity index (χ2v) is 5.85. The minimum absolute atomic E-state index is 0.139. The van der Waals surface area contributed by atoms with Gasteiger partial charge in [0, 0.05) is 30.1 Å². The van der Waals surface area contributed by atoms with Crippen molar-refractivity contribution < 1.29 is 9.13 Å². The monoisotopic (exact) mass is 283 g/mol. The predicted molar refractivity (Wildman–Crippen MR) is 80.9 cm³/mol. The highest BCUT2D eigenvalue weighted by Crippen LogP contribution is 2.37. The fourth-order valence-electron chi connectivity index (χ4n) is 2.86. The molecular weight excluding hydrogens is 265 g/mol. The lowest BCUT2D eigenvalue weighted by molar-refractivity contribution is 0.358. The highest BCUT2D eigenvalue weighted by atomic mass is 19.1. The van der Waals surface area contributed by atoms with E-state index in [0.29, 0.717) is 12.6 Å². The van der Waals surface area contributed by atoms with Crippen molar-refractivity contribution in [2.75, 3.05) is 6.61 Å². The summed E-state index contributed by atoms with van der Waals surface area (Å²) in [6.07, 6.45) is 3.38. The van der Waals surface area contributed by atoms with Crippen molar-refractivity contribution in [2.45, 2.75) is 31.8 Å². The van der Waals surface area contributed by atoms with Gasteiger partial charge in [0.15, 0.2) is 0 Å². The molecule has 2 aliphatic rings. The van der Waals surface area contributed by atoms with E-state index >= 15 is 0 Å². The Labute approximate surface area is 123 Å². The van der Waals surface area contributed by atoms with E-state index in [1.54, 1.807) is 6.07 Å². The maximum Gasteiger partial charge on any atom is 0.130 e. The Hall–Kier alpha value is -1.87. The molecule has 4 rings (SSSR count). The standard InChI is InChI=1S/C18H18FNO/c19-17-7-4-13(10-14(17)11-20-15-5-6-15)16-3-1-2-12-8-9-21-18(12)16/h1-4,7,10,15,20H,5-6,8-9,11H2. The number of nitrogens with one attached hydrogen (secondary N) is 1. The smallest absolute Gasteiger partial charge is 0.130 e. The van der Waals surface area contributed by atoms with Gasteiger partial charge in [0.2, 0.25) is 0 Å². The van der Waals surface area contributed by atoms with Crippen molar-refractivity contribution in [3.8, 4) is 16.9 Å². The molecule has 1 N–H and O–H groups in total. The average molecular weight is 283 g/mol. The third kappa shape index (κ3) is 2.54. The normalized spacial score (nSPS) is 16.6. The number of hydrogen-bond donors (Lipinski definition) is 1. The van der Waals surface area contributed by atoms with Crippen LogP contribution in [0.4, 0.5) is 4.39 Å². The molecule has 0 radical (unpaired) electrons. The quantitative estimate of drug-likeness (QED) is 0.924. The van der Waals surface area contributed by atoms with E-state index in [4.69, 9.17) is 4.74 Å². The van der Waals surface area contributed by atoms with E-state index in [0.717, 1.165) is 35.5 Å². The molecule has 0 saturated heterocycles. The Bertz CT molecular complexity index is 679. The summed E-state index contributed by atoms with van der Waals surface area (Å²) in [5, 5.41) is 3.37. The number of hydrogen-bond acceptors (Lipinski definition) is 2. The highest BCUT2D eigenvalue weighted by molar-refractivity contribution is 5.73. The fraction of sp³-hybridized carbons (Fsp3) is 0.333. The summed E-state index contributed by atoms with van der Waals surface area (Å²) >= 11 is 0. The van der Waals surface area contributed by atoms with Gasteiger partial charge in [0.1, 0.15) is 11.6 Å². The maximum atomic E-state index is 14.0. The van der Waals surface area contributed by atoms with Gasteiger partial charge < -0.3 is 10.1 Å². The topological polar surface area (TPSA) is 21.3 Å². The Morgan fingerprint density at radius 3 is 2.95 bits per heavy atom. The van der Waals surface area contributed by atoms with Gasteiger partial charge in [-0.05, 0) is 36.1 Å². The number of benzene rings is 2. The minimum atomic E-state index is -0.139. The molecule has 2 aromatic carbocycles. The molecule has 0 amide bonds. The molecule has 2 aromatic rings. The Morgan fingerprint density at radius 2 is 2.10 bits per heavy atom. The second-order valence-electron chi connectivity index (χ2n) is 5.85. The Morgan fingerprint density at radius 1 is 1.19 bits per heavy atom. The van der Waals surface area contributed by atoms with Crippen LogP contribution in [0.3, 0.4) is 0 Å². The summed E-state index contributed by atoms with van der Waals surface area (Å²) in [6, 6.07) is 12.1. The van der Waals surface area contributed by atoms with E-state index in [-0.39, 0.29) is 5.82 Å². The van der Waals surface area contributed by atoms with Gasteiger partial charge in [-0.25, -0.2) is 4.39 Å². The lowest BCUT2D eigenvalue weighted by Crippen LogP contribution is -2.16. The predicted octanol–water partition coefficient (Wildman–Crippen LogP) is 3.68. The van der Waals surface area contributed by atoms with Crippen molar-refractivity contribution in [3.63, 3.8) is 0 Å². The van der Waals surface area contributed by atoms with Gasteiger partial charge in [0.05, 0.1) is 6.61 Å². The van der Waals surface area contributed by atoms with Gasteiger partial charge in [-0.3, -0.25) is 0 Å². The zero-order valence-electron chi connectivity index (χ0n) is 11.9. The molecule has 0 aromatic heterocycles. The Kier molecular flexibility index (Phi) is 3.15. The first-order valence-electron chi connectivity index (χ1n) is 7.58. The first kappa shape index (κ1) is 12.8. The van der Waals surface area contributed by atoms with E-state index in [1.165, 1.54) is 18.4 Å². The van der Waals surface area contributed by atoms with Crippen LogP contribution in [0.15, 0.2) is 36.4 Å². The van der Waals surface area contributed by atoms with Crippen molar-refractivity contribution in [2.24, 2.45) is 0 Å². The maximum absolute atomic E-state index is 14.0. The second kappa shape index (κ2) is 5.15. The van der Waals surface area contributed by atoms with Gasteiger partial charge in [0.25, 0.3) is 0 Å². The Balaban J connectivity index is 1.68. The lowest BCUT2D eigenvalue weighted by Gasteiger charge is -2.11. The zero-order valence-corrected chi connectivity index (χ0v) is 11.9. The number of rotatable bonds is 4. The summed E-state index contributed by atoms with van der Waals surface area (Å²) in [6.45, 7) is 1.34. The number of para-hydroxylation sites is 1. The molecule has 0 spiro atoms. The van der Waals surface area contributed by atoms with E-state index < -0.39 is 0 Å². The summed E-state index contributed by atoms with van der Waals surface area (Å²) in [5.74, 6) is 0.825. The summed E-state index contributed by atoms with van der Waals surface area (Å²) in [4.78, 5) is 0. The van der Waals surface area contributed by atoms with Crippen LogP contribution in [0.2, 0.25) is 0 Å².